The van der Waals surface area contributed by atoms with E-state index in [0.29, 0.717) is 56.9 Å². The summed E-state index contributed by atoms with van der Waals surface area (Å²) in [7, 11) is 4.20. The molecule has 6 aliphatic heterocycles. The van der Waals surface area contributed by atoms with Crippen molar-refractivity contribution in [3.8, 4) is 0 Å². The van der Waals surface area contributed by atoms with Crippen LogP contribution >= 0.6 is 0 Å². The molecule has 316 valence electrons. The first-order valence-electron chi connectivity index (χ1n) is 21.1. The van der Waals surface area contributed by atoms with E-state index in [1.54, 1.807) is 7.11 Å². The van der Waals surface area contributed by atoms with Gasteiger partial charge in [0.05, 0.1) is 27.4 Å². The van der Waals surface area contributed by atoms with Crippen LogP contribution in [0.2, 0.25) is 0 Å². The van der Waals surface area contributed by atoms with Crippen LogP contribution in [0.4, 0.5) is 8.78 Å². The Hall–Kier alpha value is -3.43. The van der Waals surface area contributed by atoms with Crippen LogP contribution in [-0.4, -0.2) is 135 Å². The molecule has 3 N–H and O–H groups in total. The molecule has 0 amide bonds. The number of fused-ring (bicyclic) bond motifs is 6. The molecule has 14 heteroatoms. The molecule has 9 aliphatic rings. The molecule has 1 saturated carbocycles. The zero-order chi connectivity index (χ0) is 41.2. The van der Waals surface area contributed by atoms with Gasteiger partial charge >= 0.3 is 17.9 Å². The Morgan fingerprint density at radius 3 is 2.47 bits per heavy atom. The molecule has 16 atom stereocenters. The summed E-state index contributed by atoms with van der Waals surface area (Å²) in [5.41, 5.74) is -4.82. The maximum absolute atomic E-state index is 15.3. The molecule has 5 saturated heterocycles. The Balaban J connectivity index is 1.26. The molecule has 0 radical (unpaired) electrons. The van der Waals surface area contributed by atoms with Crippen LogP contribution in [0.25, 0.3) is 0 Å². The topological polar surface area (TPSA) is 139 Å². The fourth-order valence-corrected chi connectivity index (χ4v) is 14.3. The molecule has 58 heavy (non-hydrogen) atoms. The molecule has 6 heterocycles. The normalized spacial score (nSPS) is 47.2. The van der Waals surface area contributed by atoms with E-state index in [4.69, 9.17) is 18.9 Å². The molecule has 2 bridgehead atoms. The van der Waals surface area contributed by atoms with Gasteiger partial charge in [0.2, 0.25) is 11.5 Å². The maximum atomic E-state index is 15.3. The highest BCUT2D eigenvalue weighted by Crippen LogP contribution is 2.68. The monoisotopic (exact) mass is 808 g/mol. The lowest BCUT2D eigenvalue weighted by molar-refractivity contribution is -0.240. The van der Waals surface area contributed by atoms with Crippen molar-refractivity contribution in [1.82, 2.24) is 20.4 Å². The van der Waals surface area contributed by atoms with Crippen molar-refractivity contribution >= 4 is 17.9 Å². The van der Waals surface area contributed by atoms with Gasteiger partial charge in [-0.3, -0.25) is 14.5 Å². The summed E-state index contributed by atoms with van der Waals surface area (Å²) < 4.78 is 54.3. The summed E-state index contributed by atoms with van der Waals surface area (Å²) in [6.07, 6.45) is 16.8. The van der Waals surface area contributed by atoms with Crippen molar-refractivity contribution in [3.63, 3.8) is 0 Å². The van der Waals surface area contributed by atoms with Crippen LogP contribution in [0.15, 0.2) is 59.9 Å². The molecule has 0 aromatic rings. The number of aliphatic hydroxyl groups is 1. The minimum atomic E-state index is -2.90. The number of alkyl halides is 2. The average Bonchev–Trinajstić information content (AvgIpc) is 3.89. The van der Waals surface area contributed by atoms with E-state index in [-0.39, 0.29) is 42.7 Å². The minimum Gasteiger partial charge on any atom is -0.497 e. The third-order valence-corrected chi connectivity index (χ3v) is 16.2. The fraction of sp³-hybridized carbons (Fsp3) is 0.705. The highest BCUT2D eigenvalue weighted by Gasteiger charge is 2.81. The number of esters is 3. The number of carbonyl (C=O) groups excluding carboxylic acids is 3. The van der Waals surface area contributed by atoms with E-state index in [0.717, 1.165) is 6.92 Å². The Bertz CT molecular complexity index is 1900. The van der Waals surface area contributed by atoms with Crippen LogP contribution in [0.1, 0.15) is 46.5 Å². The number of nitrogens with one attached hydrogen (secondary N) is 2. The van der Waals surface area contributed by atoms with Gasteiger partial charge in [0.25, 0.3) is 0 Å². The predicted molar refractivity (Wildman–Crippen MR) is 208 cm³/mol. The number of methoxy groups -OCH3 is 3. The molecule has 3 aliphatic carbocycles. The number of allylic oxidation sites excluding steroid dienone is 3. The number of ether oxygens (including phenoxy) is 4. The van der Waals surface area contributed by atoms with Gasteiger partial charge in [-0.25, -0.2) is 13.6 Å². The molecule has 9 rings (SSSR count). The number of hydrogen-bond acceptors (Lipinski definition) is 12. The number of rotatable bonds is 7. The molecule has 12 nitrogen and oxygen atoms in total. The Morgan fingerprint density at radius 2 is 1.78 bits per heavy atom. The summed E-state index contributed by atoms with van der Waals surface area (Å²) in [5, 5.41) is 20.7. The SMILES string of the molecule is CC[C@]12C=CCN3CC[C@@]4(C5C=C([C@@]6(C(=O)OC)CC7C[C@@H](C(C)(F)F)CN(C7)CC7C8C=CC=CC8NC76)C(OC)=CC5N[C@H]4[C@@](O)(C(=O)OC)[C@@H]1OC(C)=O)[C@@H]32. The lowest BCUT2D eigenvalue weighted by atomic mass is 9.46. The van der Waals surface area contributed by atoms with Crippen LogP contribution in [0.3, 0.4) is 0 Å². The van der Waals surface area contributed by atoms with E-state index >= 15 is 13.6 Å². The van der Waals surface area contributed by atoms with E-state index < -0.39 is 81.7 Å². The molecule has 0 aromatic carbocycles. The predicted octanol–water partition coefficient (Wildman–Crippen LogP) is 3.14. The third kappa shape index (κ3) is 5.29. The smallest absolute Gasteiger partial charge is 0.343 e. The summed E-state index contributed by atoms with van der Waals surface area (Å²) in [6.45, 7) is 6.99. The second kappa shape index (κ2) is 13.8. The standard InChI is InChI=1S/C44H58F2N4O8/c1-7-41-13-10-15-50-16-14-42(36(41)50)29-18-30(33(55-4)19-32(29)48-35(42)44(54,39(53)57-6)37(41)58-24(2)51)43(38(52)56-5)20-25-17-26(40(3,45)46)22-49(21-25)23-28-27-11-8-9-12-31(27)47-34(28)43/h8-13,18-19,25-29,31-32,34-37,47-48,54H,7,14-17,20-23H2,1-6H3/t25?,26-,27?,28?,29?,31?,32?,34?,35-,36+,37-,41-,42+,43+,44+/m1/s1. The first kappa shape index (κ1) is 40.0. The molecule has 6 fully saturated rings. The molecule has 1 spiro atoms. The summed E-state index contributed by atoms with van der Waals surface area (Å²) in [6, 6.07) is -2.21. The third-order valence-electron chi connectivity index (χ3n) is 16.2. The van der Waals surface area contributed by atoms with E-state index in [1.807, 2.05) is 37.3 Å². The summed E-state index contributed by atoms with van der Waals surface area (Å²) >= 11 is 0. The number of hydrogen-bond donors (Lipinski definition) is 3. The van der Waals surface area contributed by atoms with Gasteiger partial charge in [0.1, 0.15) is 11.2 Å². The second-order valence-corrected chi connectivity index (χ2v) is 18.7. The fourth-order valence-electron chi connectivity index (χ4n) is 14.3. The molecule has 0 aromatic heterocycles. The van der Waals surface area contributed by atoms with Crippen LogP contribution in [0.5, 0.6) is 0 Å². The van der Waals surface area contributed by atoms with Crippen molar-refractivity contribution < 1.29 is 47.2 Å². The van der Waals surface area contributed by atoms with Crippen molar-refractivity contribution in [1.29, 1.82) is 0 Å². The lowest BCUT2D eigenvalue weighted by Gasteiger charge is -2.63. The number of piperidine rings is 1. The first-order valence-corrected chi connectivity index (χ1v) is 21.1. The highest BCUT2D eigenvalue weighted by molar-refractivity contribution is 5.85. The minimum absolute atomic E-state index is 0.00957. The average molecular weight is 809 g/mol. The number of nitrogens with zero attached hydrogens (tertiary/aromatic N) is 2. The number of halogens is 2. The van der Waals surface area contributed by atoms with Gasteiger partial charge in [-0.05, 0) is 57.1 Å². The van der Waals surface area contributed by atoms with Crippen molar-refractivity contribution in [3.05, 3.63) is 59.9 Å². The zero-order valence-corrected chi connectivity index (χ0v) is 34.3. The quantitative estimate of drug-likeness (QED) is 0.198. The van der Waals surface area contributed by atoms with Gasteiger partial charge in [0, 0.05) is 91.4 Å². The van der Waals surface area contributed by atoms with E-state index in [9.17, 15) is 14.7 Å². The van der Waals surface area contributed by atoms with Gasteiger partial charge in [0.15, 0.2) is 6.10 Å². The number of carbonyl (C=O) groups is 3. The van der Waals surface area contributed by atoms with Crippen LogP contribution < -0.4 is 10.6 Å². The van der Waals surface area contributed by atoms with Gasteiger partial charge < -0.3 is 39.6 Å². The highest BCUT2D eigenvalue weighted by atomic mass is 19.3. The van der Waals surface area contributed by atoms with Crippen LogP contribution in [0, 0.1) is 45.8 Å². The maximum Gasteiger partial charge on any atom is 0.343 e. The molecule has 8 unspecified atom stereocenters. The second-order valence-electron chi connectivity index (χ2n) is 18.7. The van der Waals surface area contributed by atoms with Gasteiger partial charge in [-0.15, -0.1) is 0 Å². The van der Waals surface area contributed by atoms with Gasteiger partial charge in [-0.2, -0.15) is 0 Å². The van der Waals surface area contributed by atoms with Crippen LogP contribution in [-0.2, 0) is 33.3 Å². The largest absolute Gasteiger partial charge is 0.497 e. The summed E-state index contributed by atoms with van der Waals surface area (Å²) in [4.78, 5) is 46.9. The van der Waals surface area contributed by atoms with Crippen molar-refractivity contribution in [2.75, 3.05) is 54.1 Å². The molecular formula is C44H58F2N4O8. The van der Waals surface area contributed by atoms with Gasteiger partial charge in [-0.1, -0.05) is 49.5 Å². The first-order chi connectivity index (χ1) is 27.6. The van der Waals surface area contributed by atoms with E-state index in [2.05, 4.69) is 38.7 Å². The Labute approximate surface area is 339 Å². The lowest BCUT2D eigenvalue weighted by Crippen LogP contribution is -2.80. The van der Waals surface area contributed by atoms with Crippen molar-refractivity contribution in [2.24, 2.45) is 45.8 Å². The van der Waals surface area contributed by atoms with E-state index in [1.165, 1.54) is 21.1 Å². The molecular weight excluding hydrogens is 750 g/mol. The Kier molecular flexibility index (Phi) is 9.52. The van der Waals surface area contributed by atoms with Crippen molar-refractivity contribution in [2.45, 2.75) is 94.3 Å². The summed E-state index contributed by atoms with van der Waals surface area (Å²) in [5.74, 6) is -6.06. The zero-order valence-electron chi connectivity index (χ0n) is 34.3. The Morgan fingerprint density at radius 1 is 1.02 bits per heavy atom.